The molecule has 1 aromatic rings. The first-order chi connectivity index (χ1) is 5.16. The van der Waals surface area contributed by atoms with Crippen molar-refractivity contribution in [3.05, 3.63) is 20.8 Å². The van der Waals surface area contributed by atoms with E-state index in [0.717, 1.165) is 11.3 Å². The monoisotopic (exact) mass is 192 g/mol. The lowest BCUT2D eigenvalue weighted by molar-refractivity contribution is 0.0702. The molecule has 5 heteroatoms. The molecule has 11 heavy (non-hydrogen) atoms. The van der Waals surface area contributed by atoms with Gasteiger partial charge in [-0.3, -0.25) is 0 Å². The summed E-state index contributed by atoms with van der Waals surface area (Å²) < 4.78 is 0. The Hall–Kier alpha value is -0.580. The van der Waals surface area contributed by atoms with Crippen molar-refractivity contribution in [2.45, 2.75) is 6.61 Å². The zero-order valence-electron chi connectivity index (χ0n) is 5.37. The highest BCUT2D eigenvalue weighted by Crippen LogP contribution is 2.27. The van der Waals surface area contributed by atoms with Gasteiger partial charge in [0, 0.05) is 5.56 Å². The van der Waals surface area contributed by atoms with Gasteiger partial charge in [-0.25, -0.2) is 4.79 Å². The van der Waals surface area contributed by atoms with Crippen LogP contribution in [0.3, 0.4) is 0 Å². The third-order valence-electron chi connectivity index (χ3n) is 1.16. The standard InChI is InChI=1S/C6H5ClO3S/c7-4-3(1-8)2-11-5(4)6(9)10/h2,8H,1H2,(H,9,10). The van der Waals surface area contributed by atoms with Crippen molar-refractivity contribution in [2.24, 2.45) is 0 Å². The number of carboxylic acid groups (broad SMARTS) is 1. The number of aliphatic hydroxyl groups is 1. The number of carbonyl (C=O) groups is 1. The van der Waals surface area contributed by atoms with Crippen molar-refractivity contribution in [2.75, 3.05) is 0 Å². The van der Waals surface area contributed by atoms with E-state index >= 15 is 0 Å². The lowest BCUT2D eigenvalue weighted by Gasteiger charge is -1.90. The summed E-state index contributed by atoms with van der Waals surface area (Å²) in [6.45, 7) is -0.220. The average molecular weight is 193 g/mol. The molecule has 0 atom stereocenters. The van der Waals surface area contributed by atoms with Gasteiger partial charge in [0.2, 0.25) is 0 Å². The highest BCUT2D eigenvalue weighted by molar-refractivity contribution is 7.12. The SMILES string of the molecule is O=C(O)c1scc(CO)c1Cl. The van der Waals surface area contributed by atoms with Crippen molar-refractivity contribution in [3.8, 4) is 0 Å². The largest absolute Gasteiger partial charge is 0.477 e. The molecule has 0 unspecified atom stereocenters. The first kappa shape index (κ1) is 8.52. The first-order valence-electron chi connectivity index (χ1n) is 2.76. The summed E-state index contributed by atoms with van der Waals surface area (Å²) in [4.78, 5) is 10.5. The van der Waals surface area contributed by atoms with E-state index in [2.05, 4.69) is 0 Å². The molecule has 1 aromatic heterocycles. The Morgan fingerprint density at radius 1 is 1.73 bits per heavy atom. The second-order valence-corrected chi connectivity index (χ2v) is 3.12. The molecule has 0 aliphatic rings. The van der Waals surface area contributed by atoms with Crippen LogP contribution in [-0.2, 0) is 6.61 Å². The van der Waals surface area contributed by atoms with E-state index in [-0.39, 0.29) is 16.5 Å². The van der Waals surface area contributed by atoms with E-state index in [4.69, 9.17) is 21.8 Å². The topological polar surface area (TPSA) is 57.5 Å². The van der Waals surface area contributed by atoms with E-state index in [9.17, 15) is 4.79 Å². The lowest BCUT2D eigenvalue weighted by Crippen LogP contribution is -1.92. The molecule has 0 aliphatic heterocycles. The molecular formula is C6H5ClO3S. The number of carboxylic acids is 1. The summed E-state index contributed by atoms with van der Waals surface area (Å²) >= 11 is 6.61. The number of hydrogen-bond donors (Lipinski definition) is 2. The van der Waals surface area contributed by atoms with E-state index in [1.54, 1.807) is 0 Å². The first-order valence-corrected chi connectivity index (χ1v) is 4.02. The zero-order chi connectivity index (χ0) is 8.43. The van der Waals surface area contributed by atoms with Crippen LogP contribution < -0.4 is 0 Å². The quantitative estimate of drug-likeness (QED) is 0.748. The molecule has 0 bridgehead atoms. The molecule has 0 amide bonds. The Bertz CT molecular complexity index is 281. The summed E-state index contributed by atoms with van der Waals surface area (Å²) in [6.07, 6.45) is 0. The van der Waals surface area contributed by atoms with Gasteiger partial charge in [0.25, 0.3) is 0 Å². The summed E-state index contributed by atoms with van der Waals surface area (Å²) in [5, 5.41) is 18.8. The van der Waals surface area contributed by atoms with Gasteiger partial charge in [0.1, 0.15) is 4.88 Å². The molecule has 3 nitrogen and oxygen atoms in total. The zero-order valence-corrected chi connectivity index (χ0v) is 6.95. The van der Waals surface area contributed by atoms with Crippen molar-refractivity contribution in [1.29, 1.82) is 0 Å². The maximum Gasteiger partial charge on any atom is 0.347 e. The van der Waals surface area contributed by atoms with E-state index in [1.165, 1.54) is 5.38 Å². The van der Waals surface area contributed by atoms with Crippen LogP contribution in [0, 0.1) is 0 Å². The van der Waals surface area contributed by atoms with Crippen molar-refractivity contribution >= 4 is 28.9 Å². The van der Waals surface area contributed by atoms with Crippen LogP contribution >= 0.6 is 22.9 Å². The summed E-state index contributed by atoms with van der Waals surface area (Å²) in [5.41, 5.74) is 0.467. The highest BCUT2D eigenvalue weighted by Gasteiger charge is 2.14. The van der Waals surface area contributed by atoms with Gasteiger partial charge in [-0.05, 0) is 5.38 Å². The Kier molecular flexibility index (Phi) is 2.49. The molecule has 0 saturated heterocycles. The number of aliphatic hydroxyl groups excluding tert-OH is 1. The third-order valence-corrected chi connectivity index (χ3v) is 2.73. The molecule has 2 N–H and O–H groups in total. The summed E-state index contributed by atoms with van der Waals surface area (Å²) in [7, 11) is 0. The Labute approximate surface area is 71.9 Å². The maximum atomic E-state index is 10.4. The van der Waals surface area contributed by atoms with Gasteiger partial charge in [0.05, 0.1) is 11.6 Å². The van der Waals surface area contributed by atoms with Crippen LogP contribution in [0.15, 0.2) is 5.38 Å². The second-order valence-electron chi connectivity index (χ2n) is 1.87. The third kappa shape index (κ3) is 1.53. The van der Waals surface area contributed by atoms with Crippen LogP contribution in [0.5, 0.6) is 0 Å². The average Bonchev–Trinajstić information content (AvgIpc) is 2.30. The molecule has 0 aromatic carbocycles. The van der Waals surface area contributed by atoms with Crippen LogP contribution in [0.1, 0.15) is 15.2 Å². The fourth-order valence-electron chi connectivity index (χ4n) is 0.630. The number of rotatable bonds is 2. The Morgan fingerprint density at radius 3 is 2.64 bits per heavy atom. The number of halogens is 1. The molecule has 60 valence electrons. The molecule has 0 fully saturated rings. The minimum absolute atomic E-state index is 0.0794. The van der Waals surface area contributed by atoms with Crippen LogP contribution in [0.2, 0.25) is 5.02 Å². The predicted molar refractivity (Wildman–Crippen MR) is 42.2 cm³/mol. The highest BCUT2D eigenvalue weighted by atomic mass is 35.5. The molecular weight excluding hydrogens is 188 g/mol. The van der Waals surface area contributed by atoms with Gasteiger partial charge in [-0.1, -0.05) is 11.6 Å². The molecule has 1 heterocycles. The Balaban J connectivity index is 3.10. The number of aromatic carboxylic acids is 1. The summed E-state index contributed by atoms with van der Waals surface area (Å²) in [6, 6.07) is 0. The predicted octanol–water partition coefficient (Wildman–Crippen LogP) is 1.59. The fourth-order valence-corrected chi connectivity index (χ4v) is 1.81. The smallest absolute Gasteiger partial charge is 0.347 e. The van der Waals surface area contributed by atoms with E-state index in [0.29, 0.717) is 5.56 Å². The second kappa shape index (κ2) is 3.21. The Morgan fingerprint density at radius 2 is 2.36 bits per heavy atom. The number of thiophene rings is 1. The van der Waals surface area contributed by atoms with Crippen molar-refractivity contribution in [1.82, 2.24) is 0 Å². The van der Waals surface area contributed by atoms with Gasteiger partial charge < -0.3 is 10.2 Å². The molecule has 1 rings (SSSR count). The van der Waals surface area contributed by atoms with Crippen LogP contribution in [0.4, 0.5) is 0 Å². The minimum Gasteiger partial charge on any atom is -0.477 e. The van der Waals surface area contributed by atoms with E-state index < -0.39 is 5.97 Å². The normalized spacial score (nSPS) is 10.0. The van der Waals surface area contributed by atoms with Crippen molar-refractivity contribution in [3.63, 3.8) is 0 Å². The molecule has 0 aliphatic carbocycles. The fraction of sp³-hybridized carbons (Fsp3) is 0.167. The van der Waals surface area contributed by atoms with E-state index in [1.807, 2.05) is 0 Å². The van der Waals surface area contributed by atoms with Crippen LogP contribution in [-0.4, -0.2) is 16.2 Å². The minimum atomic E-state index is -1.06. The maximum absolute atomic E-state index is 10.4. The molecule has 0 spiro atoms. The number of hydrogen-bond acceptors (Lipinski definition) is 3. The van der Waals surface area contributed by atoms with Gasteiger partial charge in [-0.2, -0.15) is 0 Å². The van der Waals surface area contributed by atoms with Crippen molar-refractivity contribution < 1.29 is 15.0 Å². The van der Waals surface area contributed by atoms with Gasteiger partial charge in [-0.15, -0.1) is 11.3 Å². The van der Waals surface area contributed by atoms with Gasteiger partial charge in [0.15, 0.2) is 0 Å². The summed E-state index contributed by atoms with van der Waals surface area (Å²) in [5.74, 6) is -1.06. The van der Waals surface area contributed by atoms with Gasteiger partial charge >= 0.3 is 5.97 Å². The molecule has 0 radical (unpaired) electrons. The molecule has 0 saturated carbocycles. The lowest BCUT2D eigenvalue weighted by atomic mass is 10.3. The van der Waals surface area contributed by atoms with Crippen LogP contribution in [0.25, 0.3) is 0 Å².